The number of aromatic nitrogens is 3. The van der Waals surface area contributed by atoms with Crippen LogP contribution < -0.4 is 15.4 Å². The van der Waals surface area contributed by atoms with Crippen molar-refractivity contribution in [1.82, 2.24) is 25.4 Å². The van der Waals surface area contributed by atoms with Crippen molar-refractivity contribution < 1.29 is 4.74 Å². The first-order valence-electron chi connectivity index (χ1n) is 9.84. The minimum absolute atomic E-state index is 0. The summed E-state index contributed by atoms with van der Waals surface area (Å²) in [5.74, 6) is 3.45. The molecule has 30 heavy (non-hydrogen) atoms. The molecule has 158 valence electrons. The van der Waals surface area contributed by atoms with Crippen LogP contribution in [0, 0.1) is 6.92 Å². The van der Waals surface area contributed by atoms with Gasteiger partial charge >= 0.3 is 0 Å². The second kappa shape index (κ2) is 10.4. The van der Waals surface area contributed by atoms with Gasteiger partial charge in [-0.25, -0.2) is 4.99 Å². The van der Waals surface area contributed by atoms with E-state index in [1.54, 1.807) is 0 Å². The summed E-state index contributed by atoms with van der Waals surface area (Å²) >= 11 is 0. The Balaban J connectivity index is 0.00000256. The molecule has 1 unspecified atom stereocenters. The zero-order chi connectivity index (χ0) is 20.1. The number of halogens is 1. The Morgan fingerprint density at radius 2 is 1.87 bits per heavy atom. The summed E-state index contributed by atoms with van der Waals surface area (Å²) in [6.45, 7) is 3.75. The largest absolute Gasteiger partial charge is 0.488 e. The molecule has 0 bridgehead atoms. The van der Waals surface area contributed by atoms with Crippen molar-refractivity contribution in [2.45, 2.75) is 32.5 Å². The molecular weight excluding hydrogens is 491 g/mol. The number of aryl methyl sites for hydroxylation is 1. The number of nitrogens with one attached hydrogen (secondary N) is 2. The molecule has 0 aliphatic carbocycles. The van der Waals surface area contributed by atoms with Crippen LogP contribution in [0.25, 0.3) is 0 Å². The van der Waals surface area contributed by atoms with Crippen LogP contribution in [-0.4, -0.2) is 33.4 Å². The van der Waals surface area contributed by atoms with E-state index in [2.05, 4.69) is 45.1 Å². The molecule has 4 rings (SSSR count). The van der Waals surface area contributed by atoms with Gasteiger partial charge in [-0.05, 0) is 24.1 Å². The van der Waals surface area contributed by atoms with Gasteiger partial charge in [0.2, 0.25) is 0 Å². The van der Waals surface area contributed by atoms with Crippen molar-refractivity contribution >= 4 is 29.9 Å². The van der Waals surface area contributed by atoms with E-state index in [1.807, 2.05) is 48.9 Å². The summed E-state index contributed by atoms with van der Waals surface area (Å²) < 4.78 is 8.00. The maximum atomic E-state index is 6.03. The first-order chi connectivity index (χ1) is 14.2. The Bertz CT molecular complexity index is 963. The molecule has 8 heteroatoms. The number of nitrogens with zero attached hydrogens (tertiary/aromatic N) is 4. The van der Waals surface area contributed by atoms with Crippen molar-refractivity contribution in [3.63, 3.8) is 0 Å². The smallest absolute Gasteiger partial charge is 0.192 e. The normalized spacial score (nSPS) is 15.1. The highest BCUT2D eigenvalue weighted by molar-refractivity contribution is 14.0. The lowest BCUT2D eigenvalue weighted by Gasteiger charge is -2.16. The van der Waals surface area contributed by atoms with E-state index in [-0.39, 0.29) is 30.1 Å². The maximum absolute atomic E-state index is 6.03. The van der Waals surface area contributed by atoms with Crippen molar-refractivity contribution in [3.05, 3.63) is 77.4 Å². The van der Waals surface area contributed by atoms with E-state index in [4.69, 9.17) is 9.73 Å². The van der Waals surface area contributed by atoms with Crippen molar-refractivity contribution in [2.24, 2.45) is 12.0 Å². The second-order valence-electron chi connectivity index (χ2n) is 7.16. The van der Waals surface area contributed by atoms with Crippen LogP contribution in [-0.2, 0) is 26.6 Å². The third kappa shape index (κ3) is 5.50. The number of guanidine groups is 1. The molecule has 0 amide bonds. The van der Waals surface area contributed by atoms with Crippen LogP contribution in [0.15, 0.2) is 59.6 Å². The van der Waals surface area contributed by atoms with E-state index in [1.165, 1.54) is 5.56 Å². The van der Waals surface area contributed by atoms with Gasteiger partial charge < -0.3 is 19.9 Å². The van der Waals surface area contributed by atoms with E-state index in [0.29, 0.717) is 19.6 Å². The molecule has 0 spiro atoms. The SMILES string of the molecule is Cc1nnc(CNC(=NCc2ccccc2)NCC2Cc3ccccc3O2)n1C.I. The van der Waals surface area contributed by atoms with Crippen LogP contribution in [0.3, 0.4) is 0 Å². The number of ether oxygens (including phenoxy) is 1. The molecule has 0 saturated heterocycles. The summed E-state index contributed by atoms with van der Waals surface area (Å²) in [6, 6.07) is 18.4. The van der Waals surface area contributed by atoms with Crippen molar-refractivity contribution in [3.8, 4) is 5.75 Å². The summed E-state index contributed by atoms with van der Waals surface area (Å²) in [7, 11) is 1.96. The third-order valence-electron chi connectivity index (χ3n) is 5.07. The van der Waals surface area contributed by atoms with Crippen LogP contribution in [0.5, 0.6) is 5.75 Å². The fourth-order valence-corrected chi connectivity index (χ4v) is 3.27. The molecule has 0 saturated carbocycles. The van der Waals surface area contributed by atoms with Gasteiger partial charge in [-0.3, -0.25) is 0 Å². The van der Waals surface area contributed by atoms with Crippen molar-refractivity contribution in [2.75, 3.05) is 6.54 Å². The number of hydrogen-bond donors (Lipinski definition) is 2. The third-order valence-corrected chi connectivity index (χ3v) is 5.07. The molecule has 1 aliphatic rings. The van der Waals surface area contributed by atoms with E-state index in [9.17, 15) is 0 Å². The van der Waals surface area contributed by atoms with Gasteiger partial charge in [0.1, 0.15) is 17.7 Å². The van der Waals surface area contributed by atoms with Crippen molar-refractivity contribution in [1.29, 1.82) is 0 Å². The van der Waals surface area contributed by atoms with Crippen LogP contribution in [0.2, 0.25) is 0 Å². The minimum Gasteiger partial charge on any atom is -0.488 e. The monoisotopic (exact) mass is 518 g/mol. The molecule has 1 aliphatic heterocycles. The predicted octanol–water partition coefficient (Wildman–Crippen LogP) is 2.98. The van der Waals surface area contributed by atoms with E-state index < -0.39 is 0 Å². The Labute approximate surface area is 194 Å². The first kappa shape index (κ1) is 22.1. The molecule has 0 fully saturated rings. The van der Waals surface area contributed by atoms with Crippen LogP contribution >= 0.6 is 24.0 Å². The molecule has 7 nitrogen and oxygen atoms in total. The molecular formula is C22H27IN6O. The van der Waals surface area contributed by atoms with Gasteiger partial charge in [-0.2, -0.15) is 0 Å². The number of fused-ring (bicyclic) bond motifs is 1. The average Bonchev–Trinajstić information content (AvgIpc) is 3.31. The second-order valence-corrected chi connectivity index (χ2v) is 7.16. The lowest BCUT2D eigenvalue weighted by atomic mass is 10.1. The molecule has 2 heterocycles. The Morgan fingerprint density at radius 1 is 1.10 bits per heavy atom. The fraction of sp³-hybridized carbons (Fsp3) is 0.318. The number of benzene rings is 2. The topological polar surface area (TPSA) is 76.4 Å². The van der Waals surface area contributed by atoms with Gasteiger partial charge in [0.15, 0.2) is 11.8 Å². The van der Waals surface area contributed by atoms with Crippen LogP contribution in [0.4, 0.5) is 0 Å². The Morgan fingerprint density at radius 3 is 2.60 bits per heavy atom. The average molecular weight is 518 g/mol. The van der Waals surface area contributed by atoms with Gasteiger partial charge in [-0.15, -0.1) is 34.2 Å². The highest BCUT2D eigenvalue weighted by atomic mass is 127. The highest BCUT2D eigenvalue weighted by Gasteiger charge is 2.22. The molecule has 3 aromatic rings. The Kier molecular flexibility index (Phi) is 7.67. The van der Waals surface area contributed by atoms with E-state index in [0.717, 1.165) is 35.3 Å². The maximum Gasteiger partial charge on any atom is 0.192 e. The van der Waals surface area contributed by atoms with Gasteiger partial charge in [0.25, 0.3) is 0 Å². The summed E-state index contributed by atoms with van der Waals surface area (Å²) in [4.78, 5) is 4.74. The lowest BCUT2D eigenvalue weighted by Crippen LogP contribution is -2.42. The van der Waals surface area contributed by atoms with Gasteiger partial charge in [0, 0.05) is 13.5 Å². The summed E-state index contributed by atoms with van der Waals surface area (Å²) in [6.07, 6.45) is 0.991. The highest BCUT2D eigenvalue weighted by Crippen LogP contribution is 2.27. The number of para-hydroxylation sites is 1. The molecule has 1 atom stereocenters. The summed E-state index contributed by atoms with van der Waals surface area (Å²) in [5, 5.41) is 15.1. The number of hydrogen-bond acceptors (Lipinski definition) is 4. The zero-order valence-electron chi connectivity index (χ0n) is 17.2. The van der Waals surface area contributed by atoms with Crippen LogP contribution in [0.1, 0.15) is 22.8 Å². The Hall–Kier alpha value is -2.62. The predicted molar refractivity (Wildman–Crippen MR) is 128 cm³/mol. The zero-order valence-corrected chi connectivity index (χ0v) is 19.5. The molecule has 2 N–H and O–H groups in total. The minimum atomic E-state index is 0. The first-order valence-corrected chi connectivity index (χ1v) is 9.84. The lowest BCUT2D eigenvalue weighted by molar-refractivity contribution is 0.235. The fourth-order valence-electron chi connectivity index (χ4n) is 3.27. The van der Waals surface area contributed by atoms with Gasteiger partial charge in [0.05, 0.1) is 19.6 Å². The summed E-state index contributed by atoms with van der Waals surface area (Å²) in [5.41, 5.74) is 2.41. The molecule has 2 aromatic carbocycles. The number of aliphatic imine (C=N–C) groups is 1. The van der Waals surface area contributed by atoms with Gasteiger partial charge in [-0.1, -0.05) is 48.5 Å². The standard InChI is InChI=1S/C22H26N6O.HI/c1-16-26-27-21(28(16)2)15-25-22(23-13-17-8-4-3-5-9-17)24-14-19-12-18-10-6-7-11-20(18)29-19;/h3-11,19H,12-15H2,1-2H3,(H2,23,24,25);1H. The van der Waals surface area contributed by atoms with E-state index >= 15 is 0 Å². The molecule has 1 aromatic heterocycles. The number of rotatable bonds is 6. The quantitative estimate of drug-likeness (QED) is 0.298. The molecule has 0 radical (unpaired) electrons.